The maximum Gasteiger partial charge on any atom is 0.322 e. The summed E-state index contributed by atoms with van der Waals surface area (Å²) in [6, 6.07) is 7.68. The van der Waals surface area contributed by atoms with E-state index in [-0.39, 0.29) is 15.9 Å². The third-order valence-electron chi connectivity index (χ3n) is 3.89. The molecule has 8 heteroatoms. The molecule has 0 bridgehead atoms. The molecule has 0 saturated carbocycles. The SMILES string of the molecule is C[C@H](NC(=O)CN1Cc2nc(F)ccc2NC1=O)c1ccccc1F.[HH].[HH]. The van der Waals surface area contributed by atoms with E-state index in [0.29, 0.717) is 16.9 Å². The van der Waals surface area contributed by atoms with E-state index < -0.39 is 29.7 Å². The van der Waals surface area contributed by atoms with Gasteiger partial charge in [0, 0.05) is 8.42 Å². The molecule has 0 radical (unpaired) electrons. The lowest BCUT2D eigenvalue weighted by molar-refractivity contribution is -0.122. The van der Waals surface area contributed by atoms with Crippen molar-refractivity contribution in [1.29, 1.82) is 0 Å². The van der Waals surface area contributed by atoms with E-state index in [2.05, 4.69) is 15.6 Å². The Balaban J connectivity index is 0.00000182. The summed E-state index contributed by atoms with van der Waals surface area (Å²) in [6.45, 7) is 1.42. The summed E-state index contributed by atoms with van der Waals surface area (Å²) >= 11 is 0. The Morgan fingerprint density at radius 3 is 2.88 bits per heavy atom. The Bertz CT molecular complexity index is 838. The first-order valence-electron chi connectivity index (χ1n) is 7.69. The van der Waals surface area contributed by atoms with Crippen LogP contribution >= 0.6 is 0 Å². The van der Waals surface area contributed by atoms with E-state index in [1.807, 2.05) is 0 Å². The number of hydrogen-bond acceptors (Lipinski definition) is 3. The Kier molecular flexibility index (Phi) is 4.60. The van der Waals surface area contributed by atoms with Gasteiger partial charge in [-0.05, 0) is 25.1 Å². The van der Waals surface area contributed by atoms with Crippen molar-refractivity contribution < 1.29 is 21.2 Å². The maximum absolute atomic E-state index is 13.7. The first-order chi connectivity index (χ1) is 11.9. The zero-order valence-corrected chi connectivity index (χ0v) is 13.4. The Morgan fingerprint density at radius 2 is 2.12 bits per heavy atom. The summed E-state index contributed by atoms with van der Waals surface area (Å²) in [5.41, 5.74) is 1.12. The number of carbonyl (C=O) groups excluding carboxylic acids is 2. The van der Waals surface area contributed by atoms with Crippen molar-refractivity contribution in [2.45, 2.75) is 19.5 Å². The van der Waals surface area contributed by atoms with Gasteiger partial charge >= 0.3 is 6.03 Å². The normalized spacial score (nSPS) is 14.5. The molecule has 2 aromatic rings. The summed E-state index contributed by atoms with van der Waals surface area (Å²) in [7, 11) is 0. The molecule has 134 valence electrons. The molecule has 2 heterocycles. The molecule has 1 aromatic heterocycles. The predicted molar refractivity (Wildman–Crippen MR) is 90.8 cm³/mol. The second kappa shape index (κ2) is 6.84. The summed E-state index contributed by atoms with van der Waals surface area (Å²) in [5.74, 6) is -1.53. The second-order valence-corrected chi connectivity index (χ2v) is 5.73. The molecule has 0 spiro atoms. The number of rotatable bonds is 4. The van der Waals surface area contributed by atoms with Crippen LogP contribution in [0, 0.1) is 11.8 Å². The highest BCUT2D eigenvalue weighted by Gasteiger charge is 2.26. The molecule has 6 nitrogen and oxygen atoms in total. The molecule has 3 amide bonds. The van der Waals surface area contributed by atoms with Crippen LogP contribution < -0.4 is 10.6 Å². The zero-order valence-electron chi connectivity index (χ0n) is 13.4. The van der Waals surface area contributed by atoms with Crippen LogP contribution in [0.4, 0.5) is 19.3 Å². The molecule has 1 aliphatic rings. The van der Waals surface area contributed by atoms with E-state index >= 15 is 0 Å². The molecule has 1 aromatic carbocycles. The highest BCUT2D eigenvalue weighted by atomic mass is 19.1. The maximum atomic E-state index is 13.7. The van der Waals surface area contributed by atoms with Crippen molar-refractivity contribution in [2.75, 3.05) is 11.9 Å². The topological polar surface area (TPSA) is 74.3 Å². The molecule has 0 aliphatic carbocycles. The van der Waals surface area contributed by atoms with Gasteiger partial charge in [-0.2, -0.15) is 4.39 Å². The van der Waals surface area contributed by atoms with E-state index in [4.69, 9.17) is 0 Å². The number of fused-ring (bicyclic) bond motifs is 1. The van der Waals surface area contributed by atoms with Crippen molar-refractivity contribution in [2.24, 2.45) is 0 Å². The van der Waals surface area contributed by atoms with Gasteiger partial charge in [0.2, 0.25) is 11.9 Å². The van der Waals surface area contributed by atoms with Crippen LogP contribution in [0.5, 0.6) is 0 Å². The molecule has 0 fully saturated rings. The van der Waals surface area contributed by atoms with E-state index in [1.165, 1.54) is 17.0 Å². The van der Waals surface area contributed by atoms with Crippen LogP contribution in [0.25, 0.3) is 0 Å². The molecular formula is C17H20F2N4O2. The average Bonchev–Trinajstić information content (AvgIpc) is 2.56. The van der Waals surface area contributed by atoms with Crippen molar-refractivity contribution in [3.05, 3.63) is 59.4 Å². The molecule has 1 aliphatic heterocycles. The first kappa shape index (κ1) is 16.8. The minimum absolute atomic E-state index is 0. The summed E-state index contributed by atoms with van der Waals surface area (Å²) in [4.78, 5) is 29.1. The molecule has 0 unspecified atom stereocenters. The number of pyridine rings is 1. The lowest BCUT2D eigenvalue weighted by atomic mass is 10.1. The monoisotopic (exact) mass is 350 g/mol. The number of nitrogens with one attached hydrogen (secondary N) is 2. The number of halogens is 2. The van der Waals surface area contributed by atoms with E-state index in [0.717, 1.165) is 6.07 Å². The second-order valence-electron chi connectivity index (χ2n) is 5.73. The van der Waals surface area contributed by atoms with Crippen molar-refractivity contribution in [3.8, 4) is 0 Å². The third-order valence-corrected chi connectivity index (χ3v) is 3.89. The van der Waals surface area contributed by atoms with Crippen LogP contribution in [-0.2, 0) is 11.3 Å². The van der Waals surface area contributed by atoms with Crippen molar-refractivity contribution in [1.82, 2.24) is 15.2 Å². The lowest BCUT2D eigenvalue weighted by Gasteiger charge is -2.28. The van der Waals surface area contributed by atoms with Crippen molar-refractivity contribution >= 4 is 17.6 Å². The number of urea groups is 1. The number of aromatic nitrogens is 1. The van der Waals surface area contributed by atoms with Crippen molar-refractivity contribution in [3.63, 3.8) is 0 Å². The zero-order chi connectivity index (χ0) is 18.0. The summed E-state index contributed by atoms with van der Waals surface area (Å²) in [5, 5.41) is 5.20. The molecule has 25 heavy (non-hydrogen) atoms. The van der Waals surface area contributed by atoms with Gasteiger partial charge in [0.15, 0.2) is 0 Å². The molecular weight excluding hydrogens is 330 g/mol. The van der Waals surface area contributed by atoms with Crippen LogP contribution in [0.2, 0.25) is 0 Å². The highest BCUT2D eigenvalue weighted by molar-refractivity contribution is 5.94. The predicted octanol–water partition coefficient (Wildman–Crippen LogP) is 3.08. The first-order valence-corrected chi connectivity index (χ1v) is 7.69. The number of hydrogen-bond donors (Lipinski definition) is 2. The molecule has 3 rings (SSSR count). The largest absolute Gasteiger partial charge is 0.348 e. The van der Waals surface area contributed by atoms with E-state index in [1.54, 1.807) is 25.1 Å². The van der Waals surface area contributed by atoms with Gasteiger partial charge in [0.1, 0.15) is 12.4 Å². The fourth-order valence-corrected chi connectivity index (χ4v) is 2.65. The van der Waals surface area contributed by atoms with Gasteiger partial charge in [-0.15, -0.1) is 0 Å². The van der Waals surface area contributed by atoms with Gasteiger partial charge in [-0.25, -0.2) is 14.2 Å². The number of anilines is 1. The van der Waals surface area contributed by atoms with E-state index in [9.17, 15) is 18.4 Å². The molecule has 0 saturated heterocycles. The summed E-state index contributed by atoms with van der Waals surface area (Å²) < 4.78 is 27.0. The quantitative estimate of drug-likeness (QED) is 0.832. The van der Waals surface area contributed by atoms with Gasteiger partial charge < -0.3 is 15.5 Å². The van der Waals surface area contributed by atoms with Crippen LogP contribution in [0.3, 0.4) is 0 Å². The number of amides is 3. The average molecular weight is 350 g/mol. The third kappa shape index (κ3) is 3.73. The Labute approximate surface area is 145 Å². The van der Waals surface area contributed by atoms with Crippen LogP contribution in [-0.4, -0.2) is 28.4 Å². The molecule has 1 atom stereocenters. The number of benzene rings is 1. The van der Waals surface area contributed by atoms with Crippen LogP contribution in [0.15, 0.2) is 36.4 Å². The minimum atomic E-state index is -0.660. The van der Waals surface area contributed by atoms with Gasteiger partial charge in [0.05, 0.1) is 24.0 Å². The summed E-state index contributed by atoms with van der Waals surface area (Å²) in [6.07, 6.45) is 0. The number of nitrogens with zero attached hydrogens (tertiary/aromatic N) is 2. The lowest BCUT2D eigenvalue weighted by Crippen LogP contribution is -2.45. The molecule has 2 N–H and O–H groups in total. The van der Waals surface area contributed by atoms with Crippen LogP contribution in [0.1, 0.15) is 27.1 Å². The highest BCUT2D eigenvalue weighted by Crippen LogP contribution is 2.21. The number of carbonyl (C=O) groups is 2. The fourth-order valence-electron chi connectivity index (χ4n) is 2.65. The Hall–Kier alpha value is -3.03. The standard InChI is InChI=1S/C17H16F2N4O2.2H2/c1-10(11-4-2-3-5-12(11)18)20-16(24)9-23-8-14-13(22-17(23)25)6-7-15(19)21-14;;/h2-7,10H,8-9H2,1H3,(H,20,24)(H,22,25);2*1H/t10-;;/m0../s1. The van der Waals surface area contributed by atoms with Gasteiger partial charge in [-0.1, -0.05) is 18.2 Å². The smallest absolute Gasteiger partial charge is 0.322 e. The van der Waals surface area contributed by atoms with Gasteiger partial charge in [-0.3, -0.25) is 4.79 Å². The van der Waals surface area contributed by atoms with Gasteiger partial charge in [0.25, 0.3) is 0 Å². The minimum Gasteiger partial charge on any atom is -0.348 e. The Morgan fingerprint density at radius 1 is 1.36 bits per heavy atom. The fraction of sp³-hybridized carbons (Fsp3) is 0.235.